The van der Waals surface area contributed by atoms with Gasteiger partial charge in [0, 0.05) is 51.7 Å². The first-order valence-corrected chi connectivity index (χ1v) is 11.5. The summed E-state index contributed by atoms with van der Waals surface area (Å²) in [5, 5.41) is 11.7. The molecule has 0 spiro atoms. The smallest absolute Gasteiger partial charge is 0.338 e. The van der Waals surface area contributed by atoms with Crippen LogP contribution in [-0.2, 0) is 23.1 Å². The van der Waals surface area contributed by atoms with E-state index in [9.17, 15) is 4.79 Å². The van der Waals surface area contributed by atoms with Gasteiger partial charge >= 0.3 is 5.97 Å². The van der Waals surface area contributed by atoms with E-state index < -0.39 is 0 Å². The molecule has 11 heteroatoms. The summed E-state index contributed by atoms with van der Waals surface area (Å²) >= 11 is 0. The third kappa shape index (κ3) is 5.00. The zero-order valence-electron chi connectivity index (χ0n) is 19.9. The van der Waals surface area contributed by atoms with Crippen LogP contribution in [0.15, 0.2) is 48.8 Å². The number of rotatable bonds is 8. The van der Waals surface area contributed by atoms with E-state index in [2.05, 4.69) is 54.6 Å². The first-order chi connectivity index (χ1) is 17.1. The van der Waals surface area contributed by atoms with Gasteiger partial charge < -0.3 is 14.4 Å². The van der Waals surface area contributed by atoms with E-state index in [1.807, 2.05) is 17.7 Å². The van der Waals surface area contributed by atoms with Gasteiger partial charge in [-0.3, -0.25) is 9.47 Å². The molecule has 182 valence electrons. The summed E-state index contributed by atoms with van der Waals surface area (Å²) in [6.07, 6.45) is 1.79. The SMILES string of the molecule is COCCOC(=O)c1ccc2c(c1)ncn2-c1cccc(N2CCN(Cc3nnnn3C)CC2)c1. The molecule has 3 heterocycles. The van der Waals surface area contributed by atoms with E-state index in [-0.39, 0.29) is 12.6 Å². The van der Waals surface area contributed by atoms with Gasteiger partial charge in [-0.2, -0.15) is 0 Å². The molecule has 0 saturated carbocycles. The fourth-order valence-electron chi connectivity index (χ4n) is 4.23. The molecule has 2 aromatic carbocycles. The van der Waals surface area contributed by atoms with Crippen LogP contribution in [0.2, 0.25) is 0 Å². The Morgan fingerprint density at radius 1 is 1.03 bits per heavy atom. The number of ether oxygens (including phenoxy) is 2. The van der Waals surface area contributed by atoms with Gasteiger partial charge in [0.25, 0.3) is 0 Å². The number of piperazine rings is 1. The third-order valence-electron chi connectivity index (χ3n) is 6.22. The highest BCUT2D eigenvalue weighted by molar-refractivity contribution is 5.94. The van der Waals surface area contributed by atoms with Crippen molar-refractivity contribution in [3.8, 4) is 5.69 Å². The van der Waals surface area contributed by atoms with Crippen molar-refractivity contribution < 1.29 is 14.3 Å². The first-order valence-electron chi connectivity index (χ1n) is 11.5. The lowest BCUT2D eigenvalue weighted by molar-refractivity contribution is 0.0388. The molecule has 2 aromatic heterocycles. The Balaban J connectivity index is 1.28. The van der Waals surface area contributed by atoms with E-state index >= 15 is 0 Å². The minimum atomic E-state index is -0.380. The number of carbonyl (C=O) groups is 1. The molecule has 1 aliphatic heterocycles. The van der Waals surface area contributed by atoms with Crippen LogP contribution in [0.3, 0.4) is 0 Å². The Morgan fingerprint density at radius 2 is 1.86 bits per heavy atom. The van der Waals surface area contributed by atoms with Gasteiger partial charge in [-0.25, -0.2) is 14.5 Å². The fraction of sp³-hybridized carbons (Fsp3) is 0.375. The largest absolute Gasteiger partial charge is 0.460 e. The van der Waals surface area contributed by atoms with Crippen LogP contribution in [0.5, 0.6) is 0 Å². The average Bonchev–Trinajstić information content (AvgIpc) is 3.50. The number of benzene rings is 2. The van der Waals surface area contributed by atoms with E-state index in [0.29, 0.717) is 12.2 Å². The number of aryl methyl sites for hydroxylation is 1. The average molecular weight is 477 g/mol. The molecule has 0 radical (unpaired) electrons. The van der Waals surface area contributed by atoms with Crippen molar-refractivity contribution in [3.63, 3.8) is 0 Å². The summed E-state index contributed by atoms with van der Waals surface area (Å²) in [5.41, 5.74) is 4.33. The lowest BCUT2D eigenvalue weighted by atomic mass is 10.2. The molecule has 0 N–H and O–H groups in total. The van der Waals surface area contributed by atoms with Crippen LogP contribution in [0.25, 0.3) is 16.7 Å². The molecule has 4 aromatic rings. The van der Waals surface area contributed by atoms with Gasteiger partial charge in [0.15, 0.2) is 5.82 Å². The molecule has 1 aliphatic rings. The minimum absolute atomic E-state index is 0.223. The molecule has 1 saturated heterocycles. The maximum absolute atomic E-state index is 12.3. The van der Waals surface area contributed by atoms with Crippen LogP contribution in [0.1, 0.15) is 16.2 Å². The predicted octanol–water partition coefficient (Wildman–Crippen LogP) is 1.67. The van der Waals surface area contributed by atoms with Crippen molar-refractivity contribution >= 4 is 22.7 Å². The predicted molar refractivity (Wildman–Crippen MR) is 130 cm³/mol. The summed E-state index contributed by atoms with van der Waals surface area (Å²) in [6, 6.07) is 13.9. The number of aromatic nitrogens is 6. The molecule has 0 bridgehead atoms. The number of esters is 1. The Kier molecular flexibility index (Phi) is 6.68. The standard InChI is InChI=1S/C24H28N8O3/c1-29-23(26-27-28-29)16-30-8-10-31(11-9-30)19-4-3-5-20(15-19)32-17-25-21-14-18(6-7-22(21)32)24(33)35-13-12-34-2/h3-7,14-15,17H,8-13,16H2,1-2H3. The number of tetrazole rings is 1. The van der Waals surface area contributed by atoms with Crippen molar-refractivity contribution in [2.45, 2.75) is 6.54 Å². The molecular weight excluding hydrogens is 448 g/mol. The Morgan fingerprint density at radius 3 is 2.63 bits per heavy atom. The van der Waals surface area contributed by atoms with Gasteiger partial charge in [0.05, 0.1) is 29.7 Å². The minimum Gasteiger partial charge on any atom is -0.460 e. The molecule has 0 aliphatic carbocycles. The van der Waals surface area contributed by atoms with Gasteiger partial charge in [-0.1, -0.05) is 6.07 Å². The highest BCUT2D eigenvalue weighted by Crippen LogP contribution is 2.24. The van der Waals surface area contributed by atoms with Crippen molar-refractivity contribution in [2.75, 3.05) is 51.4 Å². The normalized spacial score (nSPS) is 14.5. The highest BCUT2D eigenvalue weighted by atomic mass is 16.6. The lowest BCUT2D eigenvalue weighted by Gasteiger charge is -2.35. The molecule has 1 fully saturated rings. The van der Waals surface area contributed by atoms with Crippen LogP contribution >= 0.6 is 0 Å². The summed E-state index contributed by atoms with van der Waals surface area (Å²) in [5.74, 6) is 0.494. The summed E-state index contributed by atoms with van der Waals surface area (Å²) < 4.78 is 13.9. The van der Waals surface area contributed by atoms with E-state index in [1.165, 1.54) is 5.69 Å². The van der Waals surface area contributed by atoms with Gasteiger partial charge in [0.2, 0.25) is 0 Å². The number of methoxy groups -OCH3 is 1. The Bertz CT molecular complexity index is 1310. The summed E-state index contributed by atoms with van der Waals surface area (Å²) in [7, 11) is 3.44. The van der Waals surface area contributed by atoms with E-state index in [1.54, 1.807) is 30.3 Å². The number of anilines is 1. The molecular formula is C24H28N8O3. The van der Waals surface area contributed by atoms with E-state index in [4.69, 9.17) is 9.47 Å². The van der Waals surface area contributed by atoms with Crippen LogP contribution in [0, 0.1) is 0 Å². The fourth-order valence-corrected chi connectivity index (χ4v) is 4.23. The number of fused-ring (bicyclic) bond motifs is 1. The number of nitrogens with zero attached hydrogens (tertiary/aromatic N) is 8. The molecule has 5 rings (SSSR count). The van der Waals surface area contributed by atoms with Crippen molar-refractivity contribution in [1.82, 2.24) is 34.7 Å². The number of hydrogen-bond donors (Lipinski definition) is 0. The number of hydrogen-bond acceptors (Lipinski definition) is 9. The summed E-state index contributed by atoms with van der Waals surface area (Å²) in [6.45, 7) is 5.07. The number of imidazole rings is 1. The van der Waals surface area contributed by atoms with E-state index in [0.717, 1.165) is 55.3 Å². The van der Waals surface area contributed by atoms with Crippen molar-refractivity contribution in [2.24, 2.45) is 7.05 Å². The summed E-state index contributed by atoms with van der Waals surface area (Å²) in [4.78, 5) is 21.5. The monoisotopic (exact) mass is 476 g/mol. The zero-order chi connectivity index (χ0) is 24.2. The Hall–Kier alpha value is -3.83. The molecule has 35 heavy (non-hydrogen) atoms. The van der Waals surface area contributed by atoms with Crippen molar-refractivity contribution in [1.29, 1.82) is 0 Å². The van der Waals surface area contributed by atoms with Gasteiger partial charge in [-0.05, 0) is 46.8 Å². The second kappa shape index (κ2) is 10.2. The van der Waals surface area contributed by atoms with Crippen molar-refractivity contribution in [3.05, 3.63) is 60.2 Å². The van der Waals surface area contributed by atoms with Crippen LogP contribution in [0.4, 0.5) is 5.69 Å². The topological polar surface area (TPSA) is 103 Å². The highest BCUT2D eigenvalue weighted by Gasteiger charge is 2.20. The number of carbonyl (C=O) groups excluding carboxylic acids is 1. The van der Waals surface area contributed by atoms with Gasteiger partial charge in [0.1, 0.15) is 12.9 Å². The maximum Gasteiger partial charge on any atom is 0.338 e. The Labute approximate surface area is 202 Å². The molecule has 0 amide bonds. The maximum atomic E-state index is 12.3. The van der Waals surface area contributed by atoms with Gasteiger partial charge in [-0.15, -0.1) is 5.10 Å². The quantitative estimate of drug-likeness (QED) is 0.277. The molecule has 0 unspecified atom stereocenters. The van der Waals surface area contributed by atoms with Crippen LogP contribution < -0.4 is 4.90 Å². The molecule has 11 nitrogen and oxygen atoms in total. The van der Waals surface area contributed by atoms with Crippen LogP contribution in [-0.4, -0.2) is 87.1 Å². The third-order valence-corrected chi connectivity index (χ3v) is 6.22. The zero-order valence-corrected chi connectivity index (χ0v) is 19.9. The second-order valence-corrected chi connectivity index (χ2v) is 8.45. The second-order valence-electron chi connectivity index (χ2n) is 8.45. The lowest BCUT2D eigenvalue weighted by Crippen LogP contribution is -2.46. The first kappa shape index (κ1) is 22.9. The molecule has 0 atom stereocenters.